The van der Waals surface area contributed by atoms with Gasteiger partial charge >= 0.3 is 0 Å². The number of nitrogens with one attached hydrogen (secondary N) is 2. The fourth-order valence-electron chi connectivity index (χ4n) is 5.31. The summed E-state index contributed by atoms with van der Waals surface area (Å²) in [6.45, 7) is 0.385. The normalized spacial score (nSPS) is 26.5. The van der Waals surface area contributed by atoms with Crippen LogP contribution in [0.15, 0.2) is 35.2 Å². The van der Waals surface area contributed by atoms with Crippen molar-refractivity contribution in [2.75, 3.05) is 18.9 Å². The lowest BCUT2D eigenvalue weighted by Crippen LogP contribution is -2.53. The Morgan fingerprint density at radius 1 is 1.12 bits per heavy atom. The fraction of sp³-hybridized carbons (Fsp3) is 0.435. The van der Waals surface area contributed by atoms with Gasteiger partial charge in [-0.25, -0.2) is 21.6 Å². The number of aliphatic hydroxyl groups is 1. The molecule has 2 aliphatic carbocycles. The average Bonchev–Trinajstić information content (AvgIpc) is 2.93. The molecule has 1 unspecified atom stereocenters. The number of carbonyl (C=O) groups excluding carboxylic acids is 1. The minimum Gasteiger partial charge on any atom is -0.388 e. The largest absolute Gasteiger partial charge is 0.388 e. The first kappa shape index (κ1) is 25.0. The molecule has 4 atom stereocenters. The number of amides is 1. The van der Waals surface area contributed by atoms with Gasteiger partial charge in [-0.1, -0.05) is 11.6 Å². The van der Waals surface area contributed by atoms with E-state index in [0.29, 0.717) is 18.7 Å². The van der Waals surface area contributed by atoms with E-state index in [1.54, 1.807) is 7.05 Å². The molecule has 2 saturated carbocycles. The number of likely N-dealkylation sites (N-methyl/N-ethyl adjacent to an activating group) is 1. The highest BCUT2D eigenvalue weighted by Crippen LogP contribution is 2.51. The van der Waals surface area contributed by atoms with E-state index in [1.165, 1.54) is 12.1 Å². The molecule has 2 aromatic carbocycles. The van der Waals surface area contributed by atoms with Gasteiger partial charge in [0.2, 0.25) is 0 Å². The van der Waals surface area contributed by atoms with Crippen LogP contribution in [-0.4, -0.2) is 43.9 Å². The Kier molecular flexibility index (Phi) is 6.71. The molecule has 0 saturated heterocycles. The van der Waals surface area contributed by atoms with Gasteiger partial charge in [-0.15, -0.1) is 0 Å². The Balaban J connectivity index is 1.59. The summed E-state index contributed by atoms with van der Waals surface area (Å²) in [7, 11) is -2.20. The zero-order chi connectivity index (χ0) is 24.8. The number of anilines is 1. The summed E-state index contributed by atoms with van der Waals surface area (Å²) in [5, 5.41) is 15.5. The molecule has 6 nitrogen and oxygen atoms in total. The molecule has 34 heavy (non-hydrogen) atoms. The molecule has 0 heterocycles. The van der Waals surface area contributed by atoms with Gasteiger partial charge in [0.15, 0.2) is 27.3 Å². The summed E-state index contributed by atoms with van der Waals surface area (Å²) in [5.74, 6) is -5.80. The monoisotopic (exact) mass is 516 g/mol. The van der Waals surface area contributed by atoms with Gasteiger partial charge in [0.1, 0.15) is 0 Å². The van der Waals surface area contributed by atoms with E-state index in [-0.39, 0.29) is 45.8 Å². The van der Waals surface area contributed by atoms with Gasteiger partial charge in [0.25, 0.3) is 5.91 Å². The van der Waals surface area contributed by atoms with E-state index >= 15 is 0 Å². The molecule has 1 amide bonds. The van der Waals surface area contributed by atoms with Gasteiger partial charge in [-0.2, -0.15) is 0 Å². The molecule has 2 fully saturated rings. The number of benzene rings is 2. The highest BCUT2D eigenvalue weighted by atomic mass is 35.5. The molecule has 0 spiro atoms. The standard InChI is InChI=1S/C23H24ClF3N2O4S/c1-28-11-23(31)13-3-4-14(23)8-16(7-13)34(32,33)20-6-12(2-5-17(20)24)22(30)29-15-9-18(25)21(27)19(26)10-15/h2,5-6,9-10,13-14,16,28,31H,3-4,7-8,11H2,1H3,(H,29,30)/t13-,14?,16-,23-/m0/s1. The Morgan fingerprint density at radius 2 is 1.71 bits per heavy atom. The third-order valence-corrected chi connectivity index (χ3v) is 9.67. The molecule has 0 radical (unpaired) electrons. The lowest BCUT2D eigenvalue weighted by Gasteiger charge is -2.42. The van der Waals surface area contributed by atoms with Crippen LogP contribution in [0.25, 0.3) is 0 Å². The number of carbonyl (C=O) groups is 1. The predicted octanol–water partition coefficient (Wildman–Crippen LogP) is 3.92. The van der Waals surface area contributed by atoms with E-state index in [0.717, 1.165) is 18.9 Å². The van der Waals surface area contributed by atoms with Gasteiger partial charge in [-0.05, 0) is 62.8 Å². The number of fused-ring (bicyclic) bond motifs is 2. The first-order chi connectivity index (χ1) is 16.0. The van der Waals surface area contributed by atoms with Crippen LogP contribution in [0.2, 0.25) is 5.02 Å². The molecule has 184 valence electrons. The van der Waals surface area contributed by atoms with Gasteiger partial charge in [-0.3, -0.25) is 4.79 Å². The number of rotatable bonds is 6. The number of sulfone groups is 1. The minimum absolute atomic E-state index is 0.0566. The zero-order valence-corrected chi connectivity index (χ0v) is 19.8. The smallest absolute Gasteiger partial charge is 0.255 e. The first-order valence-electron chi connectivity index (χ1n) is 10.8. The average molecular weight is 517 g/mol. The maximum absolute atomic E-state index is 13.5. The van der Waals surface area contributed by atoms with Crippen LogP contribution in [0.3, 0.4) is 0 Å². The number of hydrogen-bond acceptors (Lipinski definition) is 5. The minimum atomic E-state index is -3.94. The third kappa shape index (κ3) is 4.32. The second-order valence-corrected chi connectivity index (χ2v) is 11.6. The summed E-state index contributed by atoms with van der Waals surface area (Å²) < 4.78 is 67.1. The third-order valence-electron chi connectivity index (χ3n) is 7.01. The van der Waals surface area contributed by atoms with E-state index in [9.17, 15) is 31.5 Å². The molecular weight excluding hydrogens is 493 g/mol. The summed E-state index contributed by atoms with van der Waals surface area (Å²) in [5.41, 5.74) is -1.38. The molecular formula is C23H24ClF3N2O4S. The maximum atomic E-state index is 13.5. The maximum Gasteiger partial charge on any atom is 0.255 e. The van der Waals surface area contributed by atoms with Crippen molar-refractivity contribution >= 4 is 33.0 Å². The fourth-order valence-corrected chi connectivity index (χ4v) is 7.71. The Hall–Kier alpha value is -2.14. The van der Waals surface area contributed by atoms with E-state index in [1.807, 2.05) is 0 Å². The van der Waals surface area contributed by atoms with Crippen molar-refractivity contribution in [1.29, 1.82) is 0 Å². The summed E-state index contributed by atoms with van der Waals surface area (Å²) in [6.07, 6.45) is 2.02. The SMILES string of the molecule is CNC[C@@]1(O)C2CC[C@H]1C[C@H](S(=O)(=O)c1cc(C(=O)Nc3cc(F)c(F)c(F)c3)ccc1Cl)C2. The van der Waals surface area contributed by atoms with Crippen molar-refractivity contribution in [2.24, 2.45) is 11.8 Å². The van der Waals surface area contributed by atoms with E-state index in [2.05, 4.69) is 10.6 Å². The van der Waals surface area contributed by atoms with E-state index < -0.39 is 44.0 Å². The van der Waals surface area contributed by atoms with Crippen LogP contribution >= 0.6 is 11.6 Å². The highest BCUT2D eigenvalue weighted by molar-refractivity contribution is 7.92. The van der Waals surface area contributed by atoms with Gasteiger partial charge in [0, 0.05) is 29.9 Å². The van der Waals surface area contributed by atoms with Crippen LogP contribution < -0.4 is 10.6 Å². The molecule has 2 aliphatic rings. The number of halogens is 4. The second kappa shape index (κ2) is 9.14. The van der Waals surface area contributed by atoms with Gasteiger partial charge < -0.3 is 15.7 Å². The first-order valence-corrected chi connectivity index (χ1v) is 12.8. The highest BCUT2D eigenvalue weighted by Gasteiger charge is 2.55. The van der Waals surface area contributed by atoms with Crippen LogP contribution in [0, 0.1) is 29.3 Å². The quantitative estimate of drug-likeness (QED) is 0.506. The summed E-state index contributed by atoms with van der Waals surface area (Å²) in [6, 6.07) is 4.91. The van der Waals surface area contributed by atoms with Crippen molar-refractivity contribution < 1.29 is 31.5 Å². The van der Waals surface area contributed by atoms with Crippen LogP contribution in [0.1, 0.15) is 36.0 Å². The lowest BCUT2D eigenvalue weighted by atomic mass is 9.74. The van der Waals surface area contributed by atoms with Crippen molar-refractivity contribution in [2.45, 2.75) is 41.4 Å². The predicted molar refractivity (Wildman–Crippen MR) is 121 cm³/mol. The van der Waals surface area contributed by atoms with Gasteiger partial charge in [0.05, 0.1) is 20.8 Å². The molecule has 3 N–H and O–H groups in total. The molecule has 11 heteroatoms. The van der Waals surface area contributed by atoms with Crippen LogP contribution in [-0.2, 0) is 9.84 Å². The lowest BCUT2D eigenvalue weighted by molar-refractivity contribution is -0.0550. The Labute approximate surface area is 200 Å². The van der Waals surface area contributed by atoms with Crippen molar-refractivity contribution in [3.8, 4) is 0 Å². The van der Waals surface area contributed by atoms with E-state index in [4.69, 9.17) is 11.6 Å². The topological polar surface area (TPSA) is 95.5 Å². The van der Waals surface area contributed by atoms with Crippen molar-refractivity contribution in [1.82, 2.24) is 5.32 Å². The van der Waals surface area contributed by atoms with Crippen molar-refractivity contribution in [3.05, 3.63) is 58.4 Å². The second-order valence-electron chi connectivity index (χ2n) is 8.98. The molecule has 2 bridgehead atoms. The molecule has 0 aliphatic heterocycles. The van der Waals surface area contributed by atoms with Crippen LogP contribution in [0.5, 0.6) is 0 Å². The molecule has 2 aromatic rings. The Bertz CT molecular complexity index is 1200. The van der Waals surface area contributed by atoms with Crippen LogP contribution in [0.4, 0.5) is 18.9 Å². The zero-order valence-electron chi connectivity index (χ0n) is 18.2. The van der Waals surface area contributed by atoms with Crippen molar-refractivity contribution in [3.63, 3.8) is 0 Å². The Morgan fingerprint density at radius 3 is 2.26 bits per heavy atom. The molecule has 4 rings (SSSR count). The summed E-state index contributed by atoms with van der Waals surface area (Å²) >= 11 is 6.21. The summed E-state index contributed by atoms with van der Waals surface area (Å²) in [4.78, 5) is 12.4. The number of hydrogen-bond donors (Lipinski definition) is 3. The molecule has 0 aromatic heterocycles.